The second-order valence-electron chi connectivity index (χ2n) is 3.94. The molecule has 80 valence electrons. The lowest BCUT2D eigenvalue weighted by Gasteiger charge is -2.09. The standard InChI is InChI=1S/C12H15NO2/c14-11-6-2-1-5-10(11)12(15)8-9-4-3-7-13-9/h1-2,5-6,9,13-14H,3-4,7-8H2. The number of benzene rings is 1. The van der Waals surface area contributed by atoms with Crippen molar-refractivity contribution in [1.29, 1.82) is 0 Å². The van der Waals surface area contributed by atoms with Gasteiger partial charge in [0.2, 0.25) is 0 Å². The number of hydrogen-bond acceptors (Lipinski definition) is 3. The number of para-hydroxylation sites is 1. The van der Waals surface area contributed by atoms with Crippen LogP contribution >= 0.6 is 0 Å². The fraction of sp³-hybridized carbons (Fsp3) is 0.417. The van der Waals surface area contributed by atoms with Gasteiger partial charge in [0, 0.05) is 12.5 Å². The smallest absolute Gasteiger partial charge is 0.168 e. The highest BCUT2D eigenvalue weighted by atomic mass is 16.3. The Labute approximate surface area is 89.1 Å². The van der Waals surface area contributed by atoms with Crippen molar-refractivity contribution in [3.8, 4) is 5.75 Å². The van der Waals surface area contributed by atoms with Gasteiger partial charge in [-0.05, 0) is 31.5 Å². The molecule has 1 atom stereocenters. The molecule has 0 aliphatic carbocycles. The Morgan fingerprint density at radius 1 is 1.47 bits per heavy atom. The summed E-state index contributed by atoms with van der Waals surface area (Å²) in [6, 6.07) is 7.01. The molecular formula is C12H15NO2. The summed E-state index contributed by atoms with van der Waals surface area (Å²) >= 11 is 0. The molecule has 1 aromatic rings. The third-order valence-corrected chi connectivity index (χ3v) is 2.80. The number of phenolic OH excluding ortho intramolecular Hbond substituents is 1. The molecule has 3 heteroatoms. The Bertz CT molecular complexity index is 356. The Kier molecular flexibility index (Phi) is 3.02. The minimum Gasteiger partial charge on any atom is -0.507 e. The molecule has 2 N–H and O–H groups in total. The van der Waals surface area contributed by atoms with Crippen molar-refractivity contribution in [1.82, 2.24) is 5.32 Å². The second kappa shape index (κ2) is 4.45. The summed E-state index contributed by atoms with van der Waals surface area (Å²) in [4.78, 5) is 11.8. The average Bonchev–Trinajstić information content (AvgIpc) is 2.71. The lowest BCUT2D eigenvalue weighted by Crippen LogP contribution is -2.24. The van der Waals surface area contributed by atoms with Crippen LogP contribution in [0.4, 0.5) is 0 Å². The van der Waals surface area contributed by atoms with E-state index in [-0.39, 0.29) is 17.6 Å². The first-order valence-electron chi connectivity index (χ1n) is 5.32. The Morgan fingerprint density at radius 3 is 2.93 bits per heavy atom. The highest BCUT2D eigenvalue weighted by molar-refractivity contribution is 5.98. The van der Waals surface area contributed by atoms with E-state index in [1.807, 2.05) is 0 Å². The van der Waals surface area contributed by atoms with Gasteiger partial charge in [-0.3, -0.25) is 4.79 Å². The van der Waals surface area contributed by atoms with Crippen LogP contribution in [0.1, 0.15) is 29.6 Å². The van der Waals surface area contributed by atoms with Crippen molar-refractivity contribution < 1.29 is 9.90 Å². The molecule has 1 fully saturated rings. The number of Topliss-reactive ketones (excluding diaryl/α,β-unsaturated/α-hetero) is 1. The highest BCUT2D eigenvalue weighted by Gasteiger charge is 2.19. The predicted octanol–water partition coefficient (Wildman–Crippen LogP) is 1.72. The number of rotatable bonds is 3. The maximum atomic E-state index is 11.8. The molecule has 3 nitrogen and oxygen atoms in total. The fourth-order valence-corrected chi connectivity index (χ4v) is 1.97. The van der Waals surface area contributed by atoms with Gasteiger partial charge in [0.1, 0.15) is 5.75 Å². The van der Waals surface area contributed by atoms with Crippen molar-refractivity contribution in [2.75, 3.05) is 6.54 Å². The Balaban J connectivity index is 2.04. The summed E-state index contributed by atoms with van der Waals surface area (Å²) in [5.74, 6) is 0.105. The maximum Gasteiger partial charge on any atom is 0.168 e. The summed E-state index contributed by atoms with van der Waals surface area (Å²) in [5, 5.41) is 12.8. The lowest BCUT2D eigenvalue weighted by atomic mass is 10.0. The molecule has 1 saturated heterocycles. The van der Waals surface area contributed by atoms with Crippen LogP contribution in [0, 0.1) is 0 Å². The molecule has 0 saturated carbocycles. The van der Waals surface area contributed by atoms with Gasteiger partial charge in [0.05, 0.1) is 5.56 Å². The molecule has 0 aromatic heterocycles. The molecule has 1 aliphatic heterocycles. The number of hydrogen-bond donors (Lipinski definition) is 2. The molecule has 1 aliphatic rings. The van der Waals surface area contributed by atoms with Crippen molar-refractivity contribution in [3.63, 3.8) is 0 Å². The van der Waals surface area contributed by atoms with E-state index in [0.29, 0.717) is 12.0 Å². The van der Waals surface area contributed by atoms with E-state index in [1.54, 1.807) is 24.3 Å². The average molecular weight is 205 g/mol. The van der Waals surface area contributed by atoms with E-state index in [2.05, 4.69) is 5.32 Å². The maximum absolute atomic E-state index is 11.8. The van der Waals surface area contributed by atoms with Crippen molar-refractivity contribution in [2.24, 2.45) is 0 Å². The normalized spacial score (nSPS) is 20.4. The van der Waals surface area contributed by atoms with Crippen LogP contribution in [0.25, 0.3) is 0 Å². The largest absolute Gasteiger partial charge is 0.507 e. The summed E-state index contributed by atoms with van der Waals surface area (Å²) in [7, 11) is 0. The number of aromatic hydroxyl groups is 1. The van der Waals surface area contributed by atoms with Crippen LogP contribution in [0.15, 0.2) is 24.3 Å². The minimum absolute atomic E-state index is 0.0208. The molecule has 1 aromatic carbocycles. The molecule has 2 rings (SSSR count). The van der Waals surface area contributed by atoms with Crippen molar-refractivity contribution in [2.45, 2.75) is 25.3 Å². The molecule has 0 amide bonds. The number of carbonyl (C=O) groups excluding carboxylic acids is 1. The van der Waals surface area contributed by atoms with Gasteiger partial charge in [-0.2, -0.15) is 0 Å². The van der Waals surface area contributed by atoms with E-state index < -0.39 is 0 Å². The predicted molar refractivity (Wildman–Crippen MR) is 58.1 cm³/mol. The number of carbonyl (C=O) groups is 1. The van der Waals surface area contributed by atoms with Crippen LogP contribution in [0.3, 0.4) is 0 Å². The molecule has 0 bridgehead atoms. The summed E-state index contributed by atoms with van der Waals surface area (Å²) in [6.07, 6.45) is 2.68. The zero-order chi connectivity index (χ0) is 10.7. The molecule has 0 radical (unpaired) electrons. The number of ketones is 1. The zero-order valence-corrected chi connectivity index (χ0v) is 8.57. The van der Waals surface area contributed by atoms with Gasteiger partial charge in [0.25, 0.3) is 0 Å². The number of nitrogens with one attached hydrogen (secondary N) is 1. The van der Waals surface area contributed by atoms with E-state index >= 15 is 0 Å². The topological polar surface area (TPSA) is 49.3 Å². The van der Waals surface area contributed by atoms with Crippen LogP contribution in [0.2, 0.25) is 0 Å². The van der Waals surface area contributed by atoms with E-state index in [0.717, 1.165) is 19.4 Å². The quantitative estimate of drug-likeness (QED) is 0.739. The third kappa shape index (κ3) is 2.36. The van der Waals surface area contributed by atoms with E-state index in [4.69, 9.17) is 0 Å². The molecule has 15 heavy (non-hydrogen) atoms. The summed E-state index contributed by atoms with van der Waals surface area (Å²) < 4.78 is 0. The fourth-order valence-electron chi connectivity index (χ4n) is 1.97. The minimum atomic E-state index is 0.0208. The molecule has 0 spiro atoms. The van der Waals surface area contributed by atoms with Gasteiger partial charge < -0.3 is 10.4 Å². The first kappa shape index (κ1) is 10.2. The van der Waals surface area contributed by atoms with Crippen molar-refractivity contribution >= 4 is 5.78 Å². The summed E-state index contributed by atoms with van der Waals surface area (Å²) in [5.41, 5.74) is 0.436. The van der Waals surface area contributed by atoms with Gasteiger partial charge in [-0.1, -0.05) is 12.1 Å². The first-order valence-corrected chi connectivity index (χ1v) is 5.32. The van der Waals surface area contributed by atoms with Crippen molar-refractivity contribution in [3.05, 3.63) is 29.8 Å². The van der Waals surface area contributed by atoms with E-state index in [1.165, 1.54) is 0 Å². The van der Waals surface area contributed by atoms with Crippen LogP contribution < -0.4 is 5.32 Å². The first-order chi connectivity index (χ1) is 7.27. The highest BCUT2D eigenvalue weighted by Crippen LogP contribution is 2.20. The van der Waals surface area contributed by atoms with Gasteiger partial charge in [-0.25, -0.2) is 0 Å². The summed E-state index contributed by atoms with van der Waals surface area (Å²) in [6.45, 7) is 0.999. The van der Waals surface area contributed by atoms with Gasteiger partial charge in [-0.15, -0.1) is 0 Å². The van der Waals surface area contributed by atoms with E-state index in [9.17, 15) is 9.90 Å². The second-order valence-corrected chi connectivity index (χ2v) is 3.94. The van der Waals surface area contributed by atoms with Crippen LogP contribution in [0.5, 0.6) is 5.75 Å². The van der Waals surface area contributed by atoms with Gasteiger partial charge >= 0.3 is 0 Å². The molecular weight excluding hydrogens is 190 g/mol. The monoisotopic (exact) mass is 205 g/mol. The zero-order valence-electron chi connectivity index (χ0n) is 8.57. The number of phenols is 1. The third-order valence-electron chi connectivity index (χ3n) is 2.80. The SMILES string of the molecule is O=C(CC1CCCN1)c1ccccc1O. The Hall–Kier alpha value is -1.35. The van der Waals surface area contributed by atoms with Crippen LogP contribution in [-0.2, 0) is 0 Å². The molecule has 1 unspecified atom stereocenters. The molecule has 1 heterocycles. The van der Waals surface area contributed by atoms with Crippen LogP contribution in [-0.4, -0.2) is 23.5 Å². The van der Waals surface area contributed by atoms with Gasteiger partial charge in [0.15, 0.2) is 5.78 Å². The lowest BCUT2D eigenvalue weighted by molar-refractivity contribution is 0.0969. The Morgan fingerprint density at radius 2 is 2.27 bits per heavy atom.